The molecule has 2 atom stereocenters. The zero-order valence-electron chi connectivity index (χ0n) is 12.6. The summed E-state index contributed by atoms with van der Waals surface area (Å²) < 4.78 is 5.95. The Labute approximate surface area is 117 Å². The molecule has 0 heterocycles. The molecule has 2 N–H and O–H groups in total. The monoisotopic (exact) mass is 261 g/mol. The van der Waals surface area contributed by atoms with Crippen LogP contribution in [0.4, 0.5) is 0 Å². The van der Waals surface area contributed by atoms with Crippen LogP contribution in [0, 0.1) is 11.8 Å². The maximum atomic E-state index is 6.76. The van der Waals surface area contributed by atoms with Crippen molar-refractivity contribution in [1.82, 2.24) is 0 Å². The molecule has 0 radical (unpaired) electrons. The molecule has 1 aromatic carbocycles. The molecule has 19 heavy (non-hydrogen) atoms. The quantitative estimate of drug-likeness (QED) is 0.889. The van der Waals surface area contributed by atoms with E-state index in [0.717, 1.165) is 18.6 Å². The number of nitrogens with two attached hydrogens (primary N) is 1. The highest BCUT2D eigenvalue weighted by Crippen LogP contribution is 2.43. The average Bonchev–Trinajstić information content (AvgIpc) is 2.26. The Balaban J connectivity index is 2.34. The number of hydrogen-bond acceptors (Lipinski definition) is 2. The fourth-order valence-corrected chi connectivity index (χ4v) is 3.64. The number of hydrogen-bond donors (Lipinski definition) is 1. The molecule has 2 nitrogen and oxygen atoms in total. The largest absolute Gasteiger partial charge is 0.491 e. The zero-order valence-corrected chi connectivity index (χ0v) is 12.6. The molecule has 0 aliphatic heterocycles. The Morgan fingerprint density at radius 1 is 1.16 bits per heavy atom. The summed E-state index contributed by atoms with van der Waals surface area (Å²) in [6, 6.07) is 8.29. The molecule has 0 aromatic heterocycles. The molecule has 0 amide bonds. The van der Waals surface area contributed by atoms with Crippen LogP contribution in [-0.4, -0.2) is 6.10 Å². The van der Waals surface area contributed by atoms with Gasteiger partial charge >= 0.3 is 0 Å². The van der Waals surface area contributed by atoms with E-state index < -0.39 is 0 Å². The summed E-state index contributed by atoms with van der Waals surface area (Å²) in [6.45, 7) is 8.74. The number of benzene rings is 1. The average molecular weight is 261 g/mol. The zero-order chi connectivity index (χ0) is 14.0. The third kappa shape index (κ3) is 3.30. The van der Waals surface area contributed by atoms with E-state index in [4.69, 9.17) is 10.5 Å². The van der Waals surface area contributed by atoms with Gasteiger partial charge in [-0.2, -0.15) is 0 Å². The Morgan fingerprint density at radius 2 is 1.74 bits per heavy atom. The van der Waals surface area contributed by atoms with Crippen molar-refractivity contribution < 1.29 is 4.74 Å². The SMILES string of the molecule is CC1CC(C)CC(N)(c2ccccc2OC(C)C)C1. The minimum Gasteiger partial charge on any atom is -0.491 e. The van der Waals surface area contributed by atoms with Crippen molar-refractivity contribution in [3.05, 3.63) is 29.8 Å². The molecule has 0 spiro atoms. The summed E-state index contributed by atoms with van der Waals surface area (Å²) >= 11 is 0. The molecule has 2 heteroatoms. The van der Waals surface area contributed by atoms with Gasteiger partial charge in [-0.25, -0.2) is 0 Å². The Kier molecular flexibility index (Phi) is 4.19. The molecule has 2 unspecified atom stereocenters. The normalized spacial score (nSPS) is 31.5. The van der Waals surface area contributed by atoms with Gasteiger partial charge in [-0.05, 0) is 51.0 Å². The van der Waals surface area contributed by atoms with Gasteiger partial charge < -0.3 is 10.5 Å². The summed E-state index contributed by atoms with van der Waals surface area (Å²) in [5.74, 6) is 2.32. The van der Waals surface area contributed by atoms with E-state index in [9.17, 15) is 0 Å². The van der Waals surface area contributed by atoms with Crippen LogP contribution in [0.1, 0.15) is 52.5 Å². The highest BCUT2D eigenvalue weighted by molar-refractivity contribution is 5.39. The van der Waals surface area contributed by atoms with Gasteiger partial charge in [0.1, 0.15) is 5.75 Å². The smallest absolute Gasteiger partial charge is 0.124 e. The molecule has 1 aromatic rings. The minimum absolute atomic E-state index is 0.184. The van der Waals surface area contributed by atoms with Gasteiger partial charge in [-0.3, -0.25) is 0 Å². The van der Waals surface area contributed by atoms with Crippen LogP contribution < -0.4 is 10.5 Å². The van der Waals surface area contributed by atoms with E-state index in [1.54, 1.807) is 0 Å². The van der Waals surface area contributed by atoms with Crippen LogP contribution in [0.15, 0.2) is 24.3 Å². The van der Waals surface area contributed by atoms with E-state index in [-0.39, 0.29) is 11.6 Å². The highest BCUT2D eigenvalue weighted by atomic mass is 16.5. The maximum absolute atomic E-state index is 6.76. The van der Waals surface area contributed by atoms with Gasteiger partial charge in [0.2, 0.25) is 0 Å². The Bertz CT molecular complexity index is 417. The first kappa shape index (κ1) is 14.4. The van der Waals surface area contributed by atoms with E-state index in [1.165, 1.54) is 12.0 Å². The second-order valence-corrected chi connectivity index (χ2v) is 6.67. The molecular weight excluding hydrogens is 234 g/mol. The molecule has 1 fully saturated rings. The van der Waals surface area contributed by atoms with Gasteiger partial charge in [-0.1, -0.05) is 32.0 Å². The van der Waals surface area contributed by atoms with Crippen molar-refractivity contribution in [3.8, 4) is 5.75 Å². The predicted octanol–water partition coefficient (Wildman–Crippen LogP) is 4.08. The van der Waals surface area contributed by atoms with Gasteiger partial charge in [-0.15, -0.1) is 0 Å². The summed E-state index contributed by atoms with van der Waals surface area (Å²) in [7, 11) is 0. The fourth-order valence-electron chi connectivity index (χ4n) is 3.64. The second-order valence-electron chi connectivity index (χ2n) is 6.67. The molecular formula is C17H27NO. The van der Waals surface area contributed by atoms with Crippen LogP contribution in [-0.2, 0) is 5.54 Å². The van der Waals surface area contributed by atoms with Crippen molar-refractivity contribution >= 4 is 0 Å². The van der Waals surface area contributed by atoms with E-state index in [0.29, 0.717) is 11.8 Å². The molecule has 1 aliphatic rings. The van der Waals surface area contributed by atoms with E-state index in [1.807, 2.05) is 12.1 Å². The maximum Gasteiger partial charge on any atom is 0.124 e. The van der Waals surface area contributed by atoms with Crippen molar-refractivity contribution in [3.63, 3.8) is 0 Å². The highest BCUT2D eigenvalue weighted by Gasteiger charge is 2.37. The Hall–Kier alpha value is -1.02. The number of ether oxygens (including phenoxy) is 1. The third-order valence-corrected chi connectivity index (χ3v) is 4.02. The molecule has 0 bridgehead atoms. The van der Waals surface area contributed by atoms with Gasteiger partial charge in [0.05, 0.1) is 6.10 Å². The van der Waals surface area contributed by atoms with Crippen LogP contribution in [0.25, 0.3) is 0 Å². The first-order valence-corrected chi connectivity index (χ1v) is 7.46. The van der Waals surface area contributed by atoms with Crippen molar-refractivity contribution in [1.29, 1.82) is 0 Å². The predicted molar refractivity (Wildman–Crippen MR) is 80.3 cm³/mol. The lowest BCUT2D eigenvalue weighted by Crippen LogP contribution is -2.43. The second kappa shape index (κ2) is 5.54. The van der Waals surface area contributed by atoms with Crippen LogP contribution in [0.3, 0.4) is 0 Å². The lowest BCUT2D eigenvalue weighted by Gasteiger charge is -2.41. The van der Waals surface area contributed by atoms with Crippen molar-refractivity contribution in [2.75, 3.05) is 0 Å². The topological polar surface area (TPSA) is 35.2 Å². The molecule has 2 rings (SSSR count). The number of para-hydroxylation sites is 1. The lowest BCUT2D eigenvalue weighted by atomic mass is 9.69. The van der Waals surface area contributed by atoms with Crippen LogP contribution in [0.2, 0.25) is 0 Å². The molecule has 1 aliphatic carbocycles. The van der Waals surface area contributed by atoms with Crippen LogP contribution >= 0.6 is 0 Å². The van der Waals surface area contributed by atoms with Crippen molar-refractivity contribution in [2.45, 2.75) is 58.6 Å². The first-order chi connectivity index (χ1) is 8.90. The number of rotatable bonds is 3. The molecule has 106 valence electrons. The van der Waals surface area contributed by atoms with Gasteiger partial charge in [0, 0.05) is 11.1 Å². The minimum atomic E-state index is -0.234. The summed E-state index contributed by atoms with van der Waals surface area (Å²) in [4.78, 5) is 0. The first-order valence-electron chi connectivity index (χ1n) is 7.46. The molecule has 0 saturated heterocycles. The Morgan fingerprint density at radius 3 is 2.32 bits per heavy atom. The fraction of sp³-hybridized carbons (Fsp3) is 0.647. The van der Waals surface area contributed by atoms with Gasteiger partial charge in [0.15, 0.2) is 0 Å². The van der Waals surface area contributed by atoms with Crippen molar-refractivity contribution in [2.24, 2.45) is 17.6 Å². The summed E-state index contributed by atoms with van der Waals surface area (Å²) in [6.07, 6.45) is 3.57. The lowest BCUT2D eigenvalue weighted by molar-refractivity contribution is 0.172. The van der Waals surface area contributed by atoms with Gasteiger partial charge in [0.25, 0.3) is 0 Å². The van der Waals surface area contributed by atoms with E-state index in [2.05, 4.69) is 39.8 Å². The standard InChI is InChI=1S/C17H27NO/c1-12(2)19-16-8-6-5-7-15(16)17(18)10-13(3)9-14(4)11-17/h5-8,12-14H,9-11,18H2,1-4H3. The summed E-state index contributed by atoms with van der Waals surface area (Å²) in [5.41, 5.74) is 7.71. The summed E-state index contributed by atoms with van der Waals surface area (Å²) in [5, 5.41) is 0. The third-order valence-electron chi connectivity index (χ3n) is 4.02. The molecule has 1 saturated carbocycles. The van der Waals surface area contributed by atoms with Crippen LogP contribution in [0.5, 0.6) is 5.75 Å². The van der Waals surface area contributed by atoms with E-state index >= 15 is 0 Å².